The van der Waals surface area contributed by atoms with Crippen LogP contribution in [0.3, 0.4) is 0 Å². The molecule has 5 amide bonds. The molecule has 0 saturated carbocycles. The van der Waals surface area contributed by atoms with Gasteiger partial charge in [0.15, 0.2) is 5.96 Å². The number of nitrogens with zero attached hydrogens (tertiary/aromatic N) is 2. The Kier molecular flexibility index (Phi) is 17.5. The standard InChI is InChI=1S/C28H52N10O7/c1-16(2)15-20(37-23(40)17(30)7-3-4-12-29)24(41)35-18(10-11-22(31)39)26(43)38-14-6-9-21(38)25(42)36-19(27(44)45)8-5-13-34-28(32)33/h16-21H,3-15,29-30H2,1-2H3,(H2,31,39)(H,35,41)(H,36,42)(H,37,40)(H,44,45)(H4,32,33,34)/t17-,18-,19-,20-,21-/m0/s1. The number of primary amides is 1. The lowest BCUT2D eigenvalue weighted by Crippen LogP contribution is -2.58. The first-order valence-corrected chi connectivity index (χ1v) is 15.4. The van der Waals surface area contributed by atoms with Gasteiger partial charge in [-0.3, -0.25) is 29.0 Å². The van der Waals surface area contributed by atoms with Gasteiger partial charge in [0.1, 0.15) is 24.2 Å². The van der Waals surface area contributed by atoms with Gasteiger partial charge in [-0.2, -0.15) is 0 Å². The van der Waals surface area contributed by atoms with E-state index in [0.29, 0.717) is 32.2 Å². The number of carbonyl (C=O) groups excluding carboxylic acids is 5. The predicted octanol–water partition coefficient (Wildman–Crippen LogP) is -2.66. The zero-order valence-electron chi connectivity index (χ0n) is 26.3. The Bertz CT molecular complexity index is 1050. The van der Waals surface area contributed by atoms with Crippen LogP contribution in [0.5, 0.6) is 0 Å². The minimum atomic E-state index is -1.26. The summed E-state index contributed by atoms with van der Waals surface area (Å²) in [5.74, 6) is -4.56. The molecule has 45 heavy (non-hydrogen) atoms. The maximum Gasteiger partial charge on any atom is 0.326 e. The number of unbranched alkanes of at least 4 members (excludes halogenated alkanes) is 1. The second-order valence-electron chi connectivity index (χ2n) is 11.7. The first-order valence-electron chi connectivity index (χ1n) is 15.4. The zero-order chi connectivity index (χ0) is 34.1. The molecule has 0 aliphatic carbocycles. The minimum Gasteiger partial charge on any atom is -0.480 e. The van der Waals surface area contributed by atoms with E-state index < -0.39 is 65.7 Å². The molecule has 17 nitrogen and oxygen atoms in total. The fourth-order valence-electron chi connectivity index (χ4n) is 4.97. The molecule has 5 atom stereocenters. The Balaban J connectivity index is 3.07. The van der Waals surface area contributed by atoms with E-state index in [1.807, 2.05) is 13.8 Å². The van der Waals surface area contributed by atoms with E-state index in [9.17, 15) is 33.9 Å². The molecule has 1 aliphatic rings. The Morgan fingerprint density at radius 1 is 0.889 bits per heavy atom. The Morgan fingerprint density at radius 3 is 2.13 bits per heavy atom. The molecule has 17 heteroatoms. The SMILES string of the molecule is CC(C)C[C@H](NC(=O)[C@@H](N)CCCCN)C(=O)N[C@@H](CCC(N)=O)C(=O)N1CCC[C@H]1C(=O)N[C@@H](CCCN=C(N)N)C(=O)O. The molecule has 0 radical (unpaired) electrons. The molecule has 0 bridgehead atoms. The smallest absolute Gasteiger partial charge is 0.326 e. The molecular weight excluding hydrogens is 588 g/mol. The molecule has 1 heterocycles. The second-order valence-corrected chi connectivity index (χ2v) is 11.7. The van der Waals surface area contributed by atoms with Crippen LogP contribution in [0.1, 0.15) is 78.1 Å². The Hall–Kier alpha value is -3.99. The van der Waals surface area contributed by atoms with Crippen molar-refractivity contribution < 1.29 is 33.9 Å². The summed E-state index contributed by atoms with van der Waals surface area (Å²) in [6.07, 6.45) is 2.66. The van der Waals surface area contributed by atoms with E-state index in [1.165, 1.54) is 4.90 Å². The van der Waals surface area contributed by atoms with E-state index in [4.69, 9.17) is 28.7 Å². The average molecular weight is 641 g/mol. The van der Waals surface area contributed by atoms with Crippen molar-refractivity contribution in [2.75, 3.05) is 19.6 Å². The van der Waals surface area contributed by atoms with Gasteiger partial charge in [0.25, 0.3) is 0 Å². The number of carboxylic acid groups (broad SMARTS) is 1. The van der Waals surface area contributed by atoms with Crippen LogP contribution in [-0.4, -0.2) is 101 Å². The number of amides is 5. The molecule has 1 rings (SSSR count). The van der Waals surface area contributed by atoms with Gasteiger partial charge in [0.05, 0.1) is 6.04 Å². The highest BCUT2D eigenvalue weighted by molar-refractivity contribution is 5.96. The van der Waals surface area contributed by atoms with Crippen LogP contribution in [0.4, 0.5) is 0 Å². The monoisotopic (exact) mass is 640 g/mol. The summed E-state index contributed by atoms with van der Waals surface area (Å²) in [4.78, 5) is 81.6. The molecule has 14 N–H and O–H groups in total. The number of carboxylic acids is 1. The van der Waals surface area contributed by atoms with Gasteiger partial charge in [-0.15, -0.1) is 0 Å². The third kappa shape index (κ3) is 14.6. The predicted molar refractivity (Wildman–Crippen MR) is 167 cm³/mol. The van der Waals surface area contributed by atoms with Crippen molar-refractivity contribution in [2.45, 2.75) is 108 Å². The molecule has 0 spiro atoms. The van der Waals surface area contributed by atoms with Crippen LogP contribution >= 0.6 is 0 Å². The molecule has 1 aliphatic heterocycles. The van der Waals surface area contributed by atoms with E-state index in [0.717, 1.165) is 0 Å². The third-order valence-corrected chi connectivity index (χ3v) is 7.34. The summed E-state index contributed by atoms with van der Waals surface area (Å²) >= 11 is 0. The highest BCUT2D eigenvalue weighted by Crippen LogP contribution is 2.20. The normalized spacial score (nSPS) is 17.1. The maximum absolute atomic E-state index is 13.7. The number of aliphatic imine (C=N–C) groups is 1. The average Bonchev–Trinajstić information content (AvgIpc) is 3.45. The minimum absolute atomic E-state index is 0.0115. The molecule has 256 valence electrons. The first-order chi connectivity index (χ1) is 21.2. The summed E-state index contributed by atoms with van der Waals surface area (Å²) in [7, 11) is 0. The van der Waals surface area contributed by atoms with Crippen LogP contribution in [-0.2, 0) is 28.8 Å². The van der Waals surface area contributed by atoms with Gasteiger partial charge in [0.2, 0.25) is 29.5 Å². The van der Waals surface area contributed by atoms with Crippen LogP contribution in [0.15, 0.2) is 4.99 Å². The summed E-state index contributed by atoms with van der Waals surface area (Å²) in [5.41, 5.74) is 27.4. The van der Waals surface area contributed by atoms with Crippen molar-refractivity contribution in [3.8, 4) is 0 Å². The lowest BCUT2D eigenvalue weighted by Gasteiger charge is -2.30. The maximum atomic E-state index is 13.7. The van der Waals surface area contributed by atoms with Crippen LogP contribution in [0.25, 0.3) is 0 Å². The van der Waals surface area contributed by atoms with Crippen LogP contribution in [0, 0.1) is 5.92 Å². The summed E-state index contributed by atoms with van der Waals surface area (Å²) in [6.45, 7) is 4.54. The highest BCUT2D eigenvalue weighted by atomic mass is 16.4. The zero-order valence-corrected chi connectivity index (χ0v) is 26.3. The summed E-state index contributed by atoms with van der Waals surface area (Å²) in [5, 5.41) is 17.4. The lowest BCUT2D eigenvalue weighted by molar-refractivity contribution is -0.145. The Labute approximate surface area is 263 Å². The largest absolute Gasteiger partial charge is 0.480 e. The quantitative estimate of drug-likeness (QED) is 0.0354. The third-order valence-electron chi connectivity index (χ3n) is 7.34. The molecule has 1 fully saturated rings. The summed E-state index contributed by atoms with van der Waals surface area (Å²) in [6, 6.07) is -5.34. The van der Waals surface area contributed by atoms with Crippen molar-refractivity contribution in [3.05, 3.63) is 0 Å². The van der Waals surface area contributed by atoms with Gasteiger partial charge >= 0.3 is 5.97 Å². The molecule has 0 aromatic rings. The van der Waals surface area contributed by atoms with Crippen molar-refractivity contribution in [1.82, 2.24) is 20.9 Å². The molecule has 1 saturated heterocycles. The number of likely N-dealkylation sites (tertiary alicyclic amines) is 1. The van der Waals surface area contributed by atoms with Gasteiger partial charge in [-0.25, -0.2) is 4.79 Å². The molecule has 0 aromatic carbocycles. The number of aliphatic carboxylic acids is 1. The van der Waals surface area contributed by atoms with Gasteiger partial charge in [-0.05, 0) is 63.8 Å². The van der Waals surface area contributed by atoms with E-state index in [1.54, 1.807) is 0 Å². The number of rotatable bonds is 21. The summed E-state index contributed by atoms with van der Waals surface area (Å²) < 4.78 is 0. The van der Waals surface area contributed by atoms with Crippen molar-refractivity contribution in [1.29, 1.82) is 0 Å². The number of nitrogens with two attached hydrogens (primary N) is 5. The van der Waals surface area contributed by atoms with E-state index in [2.05, 4.69) is 20.9 Å². The van der Waals surface area contributed by atoms with Crippen LogP contribution in [0.2, 0.25) is 0 Å². The lowest BCUT2D eigenvalue weighted by atomic mass is 10.0. The molecule has 0 unspecified atom stereocenters. The fraction of sp³-hybridized carbons (Fsp3) is 0.750. The highest BCUT2D eigenvalue weighted by Gasteiger charge is 2.39. The van der Waals surface area contributed by atoms with Crippen molar-refractivity contribution >= 4 is 41.5 Å². The van der Waals surface area contributed by atoms with Crippen molar-refractivity contribution in [2.24, 2.45) is 39.6 Å². The van der Waals surface area contributed by atoms with Crippen molar-refractivity contribution in [3.63, 3.8) is 0 Å². The second kappa shape index (κ2) is 20.1. The van der Waals surface area contributed by atoms with Gasteiger partial charge in [0, 0.05) is 19.5 Å². The number of hydrogen-bond acceptors (Lipinski definition) is 9. The number of hydrogen-bond donors (Lipinski definition) is 9. The van der Waals surface area contributed by atoms with Crippen LogP contribution < -0.4 is 44.6 Å². The van der Waals surface area contributed by atoms with E-state index >= 15 is 0 Å². The topological polar surface area (TPSA) is 304 Å². The number of nitrogens with one attached hydrogen (secondary N) is 3. The van der Waals surface area contributed by atoms with E-state index in [-0.39, 0.29) is 63.5 Å². The molecular formula is C28H52N10O7. The Morgan fingerprint density at radius 2 is 1.56 bits per heavy atom. The first kappa shape index (κ1) is 39.0. The van der Waals surface area contributed by atoms with Gasteiger partial charge in [-0.1, -0.05) is 20.3 Å². The number of carbonyl (C=O) groups is 6. The molecule has 0 aromatic heterocycles. The number of guanidine groups is 1. The van der Waals surface area contributed by atoms with Gasteiger partial charge < -0.3 is 54.6 Å². The fourth-order valence-corrected chi connectivity index (χ4v) is 4.97.